The first-order chi connectivity index (χ1) is 8.72. The normalized spacial score (nSPS) is 11.6. The molecule has 0 saturated carbocycles. The summed E-state index contributed by atoms with van der Waals surface area (Å²) in [5.41, 5.74) is 0. The van der Waals surface area contributed by atoms with Crippen molar-refractivity contribution in [3.63, 3.8) is 0 Å². The van der Waals surface area contributed by atoms with Gasteiger partial charge in [-0.25, -0.2) is 0 Å². The van der Waals surface area contributed by atoms with E-state index in [0.29, 0.717) is 5.92 Å². The Bertz CT molecular complexity index is 288. The second kappa shape index (κ2) is 9.50. The molecule has 3 nitrogen and oxygen atoms in total. The SMILES string of the molecule is COCCN(CCNCc1cccs1)CC(C)C. The molecule has 4 heteroatoms. The Morgan fingerprint density at radius 1 is 1.39 bits per heavy atom. The molecule has 0 atom stereocenters. The van der Waals surface area contributed by atoms with Crippen molar-refractivity contribution in [2.24, 2.45) is 5.92 Å². The summed E-state index contributed by atoms with van der Waals surface area (Å²) >= 11 is 1.81. The van der Waals surface area contributed by atoms with E-state index < -0.39 is 0 Å². The average Bonchev–Trinajstić information content (AvgIpc) is 2.83. The van der Waals surface area contributed by atoms with Gasteiger partial charge in [0, 0.05) is 44.7 Å². The highest BCUT2D eigenvalue weighted by Gasteiger charge is 2.06. The van der Waals surface area contributed by atoms with Crippen molar-refractivity contribution in [3.8, 4) is 0 Å². The molecule has 0 fully saturated rings. The molecule has 0 aliphatic carbocycles. The number of ether oxygens (including phenoxy) is 1. The van der Waals surface area contributed by atoms with Crippen LogP contribution in [-0.4, -0.2) is 44.8 Å². The van der Waals surface area contributed by atoms with Gasteiger partial charge in [-0.15, -0.1) is 11.3 Å². The topological polar surface area (TPSA) is 24.5 Å². The Balaban J connectivity index is 2.15. The summed E-state index contributed by atoms with van der Waals surface area (Å²) in [7, 11) is 1.77. The first-order valence-corrected chi connectivity index (χ1v) is 7.54. The van der Waals surface area contributed by atoms with Gasteiger partial charge in [-0.2, -0.15) is 0 Å². The molecule has 1 rings (SSSR count). The fraction of sp³-hybridized carbons (Fsp3) is 0.714. The third-order valence-electron chi connectivity index (χ3n) is 2.72. The van der Waals surface area contributed by atoms with E-state index in [1.807, 2.05) is 11.3 Å². The maximum atomic E-state index is 5.16. The second-order valence-electron chi connectivity index (χ2n) is 4.94. The Labute approximate surface area is 115 Å². The molecule has 0 radical (unpaired) electrons. The van der Waals surface area contributed by atoms with Gasteiger partial charge in [0.15, 0.2) is 0 Å². The number of methoxy groups -OCH3 is 1. The molecule has 0 aliphatic rings. The van der Waals surface area contributed by atoms with Gasteiger partial charge in [0.1, 0.15) is 0 Å². The number of thiophene rings is 1. The van der Waals surface area contributed by atoms with Crippen LogP contribution in [0.2, 0.25) is 0 Å². The highest BCUT2D eigenvalue weighted by atomic mass is 32.1. The molecule has 1 aromatic heterocycles. The average molecular weight is 270 g/mol. The zero-order valence-corrected chi connectivity index (χ0v) is 12.6. The first kappa shape index (κ1) is 15.6. The third kappa shape index (κ3) is 7.11. The van der Waals surface area contributed by atoms with Gasteiger partial charge in [0.05, 0.1) is 6.61 Å². The quantitative estimate of drug-likeness (QED) is 0.661. The van der Waals surface area contributed by atoms with Gasteiger partial charge in [-0.1, -0.05) is 19.9 Å². The summed E-state index contributed by atoms with van der Waals surface area (Å²) in [5, 5.41) is 5.62. The van der Waals surface area contributed by atoms with E-state index in [4.69, 9.17) is 4.74 Å². The van der Waals surface area contributed by atoms with Crippen LogP contribution in [0.1, 0.15) is 18.7 Å². The summed E-state index contributed by atoms with van der Waals surface area (Å²) in [6.45, 7) is 10.6. The summed E-state index contributed by atoms with van der Waals surface area (Å²) in [6, 6.07) is 4.28. The highest BCUT2D eigenvalue weighted by molar-refractivity contribution is 7.09. The molecule has 18 heavy (non-hydrogen) atoms. The largest absolute Gasteiger partial charge is 0.383 e. The van der Waals surface area contributed by atoms with Crippen LogP contribution >= 0.6 is 11.3 Å². The summed E-state index contributed by atoms with van der Waals surface area (Å²) in [6.07, 6.45) is 0. The second-order valence-corrected chi connectivity index (χ2v) is 5.98. The zero-order valence-electron chi connectivity index (χ0n) is 11.8. The molecule has 0 unspecified atom stereocenters. The van der Waals surface area contributed by atoms with Crippen molar-refractivity contribution < 1.29 is 4.74 Å². The molecule has 1 N–H and O–H groups in total. The molecule has 0 amide bonds. The Kier molecular flexibility index (Phi) is 8.25. The number of hydrogen-bond acceptors (Lipinski definition) is 4. The molecule has 0 saturated heterocycles. The lowest BCUT2D eigenvalue weighted by molar-refractivity contribution is 0.140. The maximum Gasteiger partial charge on any atom is 0.0589 e. The van der Waals surface area contributed by atoms with Crippen LogP contribution in [0.15, 0.2) is 17.5 Å². The van der Waals surface area contributed by atoms with Crippen molar-refractivity contribution in [2.75, 3.05) is 39.9 Å². The fourth-order valence-corrected chi connectivity index (χ4v) is 2.57. The lowest BCUT2D eigenvalue weighted by Gasteiger charge is -2.24. The van der Waals surface area contributed by atoms with Crippen LogP contribution in [0.4, 0.5) is 0 Å². The van der Waals surface area contributed by atoms with Crippen LogP contribution in [0.5, 0.6) is 0 Å². The zero-order chi connectivity index (χ0) is 13.2. The predicted molar refractivity (Wildman–Crippen MR) is 79.2 cm³/mol. The van der Waals surface area contributed by atoms with E-state index in [1.54, 1.807) is 7.11 Å². The highest BCUT2D eigenvalue weighted by Crippen LogP contribution is 2.07. The van der Waals surface area contributed by atoms with E-state index in [9.17, 15) is 0 Å². The van der Waals surface area contributed by atoms with Gasteiger partial charge in [0.2, 0.25) is 0 Å². The lowest BCUT2D eigenvalue weighted by atomic mass is 10.2. The molecule has 0 aliphatic heterocycles. The maximum absolute atomic E-state index is 5.16. The van der Waals surface area contributed by atoms with Crippen LogP contribution in [0.25, 0.3) is 0 Å². The Morgan fingerprint density at radius 2 is 2.22 bits per heavy atom. The number of nitrogens with zero attached hydrogens (tertiary/aromatic N) is 1. The number of hydrogen-bond donors (Lipinski definition) is 1. The minimum Gasteiger partial charge on any atom is -0.383 e. The predicted octanol–water partition coefficient (Wildman–Crippen LogP) is 2.44. The third-order valence-corrected chi connectivity index (χ3v) is 3.60. The van der Waals surface area contributed by atoms with Crippen LogP contribution in [-0.2, 0) is 11.3 Å². The van der Waals surface area contributed by atoms with E-state index in [0.717, 1.165) is 39.3 Å². The van der Waals surface area contributed by atoms with E-state index in [1.165, 1.54) is 4.88 Å². The fourth-order valence-electron chi connectivity index (χ4n) is 1.89. The van der Waals surface area contributed by atoms with Gasteiger partial charge >= 0.3 is 0 Å². The summed E-state index contributed by atoms with van der Waals surface area (Å²) < 4.78 is 5.16. The van der Waals surface area contributed by atoms with Crippen molar-refractivity contribution in [2.45, 2.75) is 20.4 Å². The summed E-state index contributed by atoms with van der Waals surface area (Å²) in [4.78, 5) is 3.87. The van der Waals surface area contributed by atoms with Crippen LogP contribution < -0.4 is 5.32 Å². The van der Waals surface area contributed by atoms with Crippen molar-refractivity contribution in [3.05, 3.63) is 22.4 Å². The molecule has 1 heterocycles. The Hall–Kier alpha value is -0.420. The van der Waals surface area contributed by atoms with Crippen molar-refractivity contribution in [1.29, 1.82) is 0 Å². The molecule has 104 valence electrons. The van der Waals surface area contributed by atoms with E-state index in [2.05, 4.69) is 41.6 Å². The molecule has 0 aromatic carbocycles. The van der Waals surface area contributed by atoms with Gasteiger partial charge in [-0.05, 0) is 17.4 Å². The van der Waals surface area contributed by atoms with Gasteiger partial charge in [-0.3, -0.25) is 4.90 Å². The van der Waals surface area contributed by atoms with Crippen molar-refractivity contribution in [1.82, 2.24) is 10.2 Å². The van der Waals surface area contributed by atoms with E-state index >= 15 is 0 Å². The minimum atomic E-state index is 0.708. The number of nitrogens with one attached hydrogen (secondary N) is 1. The van der Waals surface area contributed by atoms with Gasteiger partial charge < -0.3 is 10.1 Å². The Morgan fingerprint density at radius 3 is 2.83 bits per heavy atom. The first-order valence-electron chi connectivity index (χ1n) is 6.66. The number of rotatable bonds is 10. The smallest absolute Gasteiger partial charge is 0.0589 e. The van der Waals surface area contributed by atoms with Crippen LogP contribution in [0.3, 0.4) is 0 Å². The molecule has 0 bridgehead atoms. The van der Waals surface area contributed by atoms with Gasteiger partial charge in [0.25, 0.3) is 0 Å². The molecule has 0 spiro atoms. The van der Waals surface area contributed by atoms with Crippen LogP contribution in [0, 0.1) is 5.92 Å². The van der Waals surface area contributed by atoms with Crippen molar-refractivity contribution >= 4 is 11.3 Å². The molecular formula is C14H26N2OS. The monoisotopic (exact) mass is 270 g/mol. The standard InChI is InChI=1S/C14H26N2OS/c1-13(2)12-16(8-9-17-3)7-6-15-11-14-5-4-10-18-14/h4-5,10,13,15H,6-9,11-12H2,1-3H3. The molecule has 1 aromatic rings. The lowest BCUT2D eigenvalue weighted by Crippen LogP contribution is -2.36. The van der Waals surface area contributed by atoms with E-state index in [-0.39, 0.29) is 0 Å². The summed E-state index contributed by atoms with van der Waals surface area (Å²) in [5.74, 6) is 0.708. The minimum absolute atomic E-state index is 0.708. The molecular weight excluding hydrogens is 244 g/mol.